The average Bonchev–Trinajstić information content (AvgIpc) is 1.56. The van der Waals surface area contributed by atoms with Crippen molar-refractivity contribution in [2.75, 3.05) is 184 Å². The van der Waals surface area contributed by atoms with Crippen LogP contribution < -0.4 is 42.2 Å². The number of alkyl carbamates (subject to hydrolysis) is 1. The zero-order valence-electron chi connectivity index (χ0n) is 81.8. The molecule has 2 saturated heterocycles. The fourth-order valence-corrected chi connectivity index (χ4v) is 19.1. The summed E-state index contributed by atoms with van der Waals surface area (Å²) >= 11 is 0. The van der Waals surface area contributed by atoms with Gasteiger partial charge in [-0.1, -0.05) is 55.5 Å². The maximum absolute atomic E-state index is 15.8. The number of para-hydroxylation sites is 1. The number of aliphatic carboxylic acids is 1. The van der Waals surface area contributed by atoms with Gasteiger partial charge in [0.25, 0.3) is 5.56 Å². The number of aromatic amines is 1. The largest absolute Gasteiger partial charge is 0.479 e. The summed E-state index contributed by atoms with van der Waals surface area (Å²) in [5.41, 5.74) is 11.7. The molecule has 43 nitrogen and oxygen atoms in total. The van der Waals surface area contributed by atoms with Crippen LogP contribution in [0, 0.1) is 24.1 Å². The maximum Gasteiger partial charge on any atom is 0.407 e. The number of ketones is 1. The predicted molar refractivity (Wildman–Crippen MR) is 513 cm³/mol. The first-order valence-electron chi connectivity index (χ1n) is 49.4. The minimum absolute atomic E-state index is 0.0379. The van der Waals surface area contributed by atoms with Crippen LogP contribution in [0.3, 0.4) is 0 Å². The quantitative estimate of drug-likeness (QED) is 0.0189. The summed E-state index contributed by atoms with van der Waals surface area (Å²) in [4.78, 5) is 147. The van der Waals surface area contributed by atoms with Crippen molar-refractivity contribution < 1.29 is 149 Å². The first-order valence-corrected chi connectivity index (χ1v) is 49.4. The van der Waals surface area contributed by atoms with Crippen LogP contribution in [-0.4, -0.2) is 330 Å². The van der Waals surface area contributed by atoms with Gasteiger partial charge in [-0.3, -0.25) is 33.6 Å². The number of aliphatic hydroxyl groups excluding tert-OH is 3. The number of cyclic esters (lactones) is 1. The fraction of sp³-hybridized carbons (Fsp3) is 0.574. The van der Waals surface area contributed by atoms with E-state index in [1.807, 2.05) is 53.4 Å². The van der Waals surface area contributed by atoms with Gasteiger partial charge in [-0.05, 0) is 122 Å². The third-order valence-electron chi connectivity index (χ3n) is 27.1. The highest BCUT2D eigenvalue weighted by Gasteiger charge is 2.52. The van der Waals surface area contributed by atoms with Gasteiger partial charge >= 0.3 is 18.0 Å². The van der Waals surface area contributed by atoms with E-state index in [9.17, 15) is 73.5 Å². The number of fused-ring (bicyclic) bond motifs is 10. The number of pyridine rings is 2. The molecule has 0 bridgehead atoms. The number of hydrogen-bond donors (Lipinski definition) is 11. The fourth-order valence-electron chi connectivity index (χ4n) is 19.1. The lowest BCUT2D eigenvalue weighted by Gasteiger charge is -2.51. The lowest BCUT2D eigenvalue weighted by atomic mass is 9.57. The van der Waals surface area contributed by atoms with E-state index in [1.54, 1.807) is 25.9 Å². The number of hydrogen-bond acceptors (Lipinski definition) is 34. The van der Waals surface area contributed by atoms with E-state index in [2.05, 4.69) is 36.7 Å². The number of carbonyl (C=O) groups is 9. The van der Waals surface area contributed by atoms with Gasteiger partial charge in [0.1, 0.15) is 60.5 Å². The van der Waals surface area contributed by atoms with E-state index in [-0.39, 0.29) is 147 Å². The number of aliphatic hydroxyl groups is 4. The number of nitrogens with two attached hydrogens (primary N) is 1. The van der Waals surface area contributed by atoms with E-state index in [4.69, 9.17) is 86.5 Å². The summed E-state index contributed by atoms with van der Waals surface area (Å²) in [6, 6.07) is 18.3. The third-order valence-corrected chi connectivity index (χ3v) is 27.1. The molecule has 9 atom stereocenters. The van der Waals surface area contributed by atoms with Crippen LogP contribution >= 0.6 is 0 Å². The Morgan fingerprint density at radius 3 is 1.83 bits per heavy atom. The number of benzene rings is 4. The summed E-state index contributed by atoms with van der Waals surface area (Å²) in [6.07, 6.45) is -7.85. The Bertz CT molecular complexity index is 5680. The highest BCUT2D eigenvalue weighted by molar-refractivity contribution is 6.01. The molecule has 8 heterocycles. The Morgan fingerprint density at radius 2 is 1.23 bits per heavy atom. The zero-order chi connectivity index (χ0) is 103. The molecule has 1 saturated carbocycles. The Hall–Kier alpha value is -11.4. The van der Waals surface area contributed by atoms with Crippen molar-refractivity contribution >= 4 is 69.9 Å². The minimum atomic E-state index is -2.13. The number of carboxylic acids is 1. The molecule has 5 aliphatic heterocycles. The van der Waals surface area contributed by atoms with Gasteiger partial charge in [0.2, 0.25) is 35.8 Å². The molecule has 6 amide bonds. The van der Waals surface area contributed by atoms with Crippen LogP contribution in [0.1, 0.15) is 140 Å². The Morgan fingerprint density at radius 1 is 0.648 bits per heavy atom. The lowest BCUT2D eigenvalue weighted by Crippen LogP contribution is -2.61. The number of halogens is 1. The number of aryl methyl sites for hydroxylation is 1. The number of likely N-dealkylation sites (tertiary alicyclic amines) is 1. The number of piperidine rings is 1. The van der Waals surface area contributed by atoms with Crippen LogP contribution in [0.5, 0.6) is 5.75 Å². The van der Waals surface area contributed by atoms with Crippen LogP contribution in [0.15, 0.2) is 83.7 Å². The van der Waals surface area contributed by atoms with Crippen molar-refractivity contribution in [2.45, 2.75) is 185 Å². The van der Waals surface area contributed by atoms with Crippen molar-refractivity contribution in [1.29, 1.82) is 0 Å². The molecule has 12 N–H and O–H groups in total. The number of esters is 1. The van der Waals surface area contributed by atoms with Crippen LogP contribution in [0.25, 0.3) is 44.8 Å². The molecule has 4 aromatic carbocycles. The number of nitrogens with one attached hydrogen (secondary N) is 5. The topological polar surface area (TPSA) is 560 Å². The lowest BCUT2D eigenvalue weighted by molar-refractivity contribution is -0.271. The highest BCUT2D eigenvalue weighted by atomic mass is 19.1. The second-order valence-electron chi connectivity index (χ2n) is 36.6. The number of unbranched alkanes of at least 4 members (excludes halogenated alkanes) is 1. The first-order chi connectivity index (χ1) is 70.3. The van der Waals surface area contributed by atoms with E-state index in [1.165, 1.54) is 34.9 Å². The summed E-state index contributed by atoms with van der Waals surface area (Å²) in [7, 11) is 1.62. The third kappa shape index (κ3) is 27.9. The summed E-state index contributed by atoms with van der Waals surface area (Å²) < 4.78 is 106. The molecular weight excluding hydrogens is 1900 g/mol. The number of H-pyrrole nitrogens is 1. The molecule has 788 valence electrons. The molecule has 1 unspecified atom stereocenters. The highest BCUT2D eigenvalue weighted by Crippen LogP contribution is 2.53. The Labute approximate surface area is 836 Å². The van der Waals surface area contributed by atoms with Crippen molar-refractivity contribution in [3.8, 4) is 39.7 Å². The van der Waals surface area contributed by atoms with Crippen molar-refractivity contribution in [3.05, 3.63) is 145 Å². The maximum atomic E-state index is 15.8. The van der Waals surface area contributed by atoms with Crippen LogP contribution in [0.4, 0.5) is 14.9 Å². The first kappa shape index (κ1) is 109. The number of nitrogens with zero attached hydrogens (tertiary/aromatic N) is 6. The standard InChI is InChI=1S/C101H131FN12O31/c1-4-101(129)71-52-76-85-69(58-114(76)95(124)70(71)60-142-98(101)127)83-73(19-18-66-61(2)72(102)53-74(106-85)82(66)83)107-99(128)143-59-62-17-20-78(144-97-91(121)89(119)90(120)92(145-97)96(125)126)64(51-62)56-105-79(116)21-25-104-94(123)88(84(103)77(115)22-28-131-31-32-133-35-36-135-39-40-137-43-44-139-47-48-141-50-49-140-46-45-138-42-41-136-38-37-134-34-33-132-30-29-130-3)108-93(122)65-54-100(55-65)23-26-112(27-24-100)80(117)15-9-10-16-81(118)113-57-63-11-5-6-12-67(63)86-87(110-111-109-86)68-13-7-8-14-75(68)113/h5-8,11-14,17,20,51-53,65,73,84,88-92,97,119-121,129H,4,9-10,15-16,18-19,21-50,54-60,103H2,1-3H3,(H,104,123)(H,105,116)(H,107,128)(H,108,122)(H,125,126)(H,109,110,111)/t73-,84?,88-,89-,90-,91+,92-,97+,101-/m0/s1. The van der Waals surface area contributed by atoms with Gasteiger partial charge in [-0.2, -0.15) is 15.4 Å². The zero-order valence-corrected chi connectivity index (χ0v) is 81.8. The minimum Gasteiger partial charge on any atom is -0.479 e. The van der Waals surface area contributed by atoms with Gasteiger partial charge in [0.15, 0.2) is 17.5 Å². The monoisotopic (exact) mass is 2030 g/mol. The molecule has 1 spiro atoms. The van der Waals surface area contributed by atoms with Crippen molar-refractivity contribution in [3.63, 3.8) is 0 Å². The number of anilines is 1. The Balaban J connectivity index is 0.541. The predicted octanol–water partition coefficient (Wildman–Crippen LogP) is 4.01. The summed E-state index contributed by atoms with van der Waals surface area (Å²) in [6.45, 7) is 11.2. The molecule has 3 fully saturated rings. The number of amides is 6. The number of rotatable bonds is 58. The van der Waals surface area contributed by atoms with Gasteiger partial charge in [0.05, 0.1) is 205 Å². The van der Waals surface area contributed by atoms with Crippen molar-refractivity contribution in [2.24, 2.45) is 17.1 Å². The molecule has 3 aromatic heterocycles. The van der Waals surface area contributed by atoms with Gasteiger partial charge in [-0.15, -0.1) is 0 Å². The number of methoxy groups -OCH3 is 1. The second-order valence-corrected chi connectivity index (χ2v) is 36.6. The molecule has 44 heteroatoms. The number of Topliss-reactive ketones (excluding diaryl/α,β-unsaturated/α-hetero) is 1. The van der Waals surface area contributed by atoms with Crippen LogP contribution in [-0.2, 0) is 154 Å². The molecule has 145 heavy (non-hydrogen) atoms. The Kier molecular flexibility index (Phi) is 40.2. The molecule has 7 aliphatic rings. The van der Waals surface area contributed by atoms with E-state index >= 15 is 4.39 Å². The molecule has 14 rings (SSSR count). The number of carboxylic acid groups (broad SMARTS) is 1. The van der Waals surface area contributed by atoms with Gasteiger partial charge < -0.3 is 143 Å². The van der Waals surface area contributed by atoms with E-state index in [0.29, 0.717) is 228 Å². The normalized spacial score (nSPS) is 19.5. The number of ether oxygens (including phenoxy) is 16. The summed E-state index contributed by atoms with van der Waals surface area (Å²) in [5, 5.41) is 77.1. The molecule has 0 radical (unpaired) electrons. The summed E-state index contributed by atoms with van der Waals surface area (Å²) in [5.74, 6) is -6.76. The molecule has 2 aliphatic carbocycles. The van der Waals surface area contributed by atoms with E-state index in [0.717, 1.165) is 16.7 Å². The molecular formula is C101H131FN12O31. The van der Waals surface area contributed by atoms with Gasteiger partial charge in [-0.25, -0.2) is 23.8 Å². The average molecular weight is 2030 g/mol. The second kappa shape index (κ2) is 53.3. The smallest absolute Gasteiger partial charge is 0.407 e. The van der Waals surface area contributed by atoms with Gasteiger partial charge in [0, 0.05) is 104 Å². The molecule has 7 aromatic rings. The number of aromatic nitrogens is 5. The van der Waals surface area contributed by atoms with Crippen LogP contribution in [0.2, 0.25) is 0 Å². The SMILES string of the molecule is CC[C@@]1(O)C(=O)OCc2c1cc1n(c2=O)Cc2c-1nc1cc(F)c(C)c3c1c2[C@@H](NC(=O)OCc1ccc(O[C@@H]2O[C@H](C(=O)O)[C@@H](O)[C@H](O)[C@H]2O)c(CNC(=O)CCNC(=O)[C@@H](NC(=O)C2CC4(CCN(C(=O)CCCCC(=O)N5Cc6ccccc6-c6n[nH]nc6-c6ccccc65)CC4)C2)C(N)C(=O)CCOCCOCCOCCOCCOCCOCCOCCOCCOCCOCCOCCOC)c1)CC3. The number of carbonyl (C=O) groups excluding carboxylic acids is 8. The van der Waals surface area contributed by atoms with E-state index < -0.39 is 133 Å². The van der Waals surface area contributed by atoms with Crippen molar-refractivity contribution in [1.82, 2.24) is 51.1 Å².